The number of hydrogen-bond donors (Lipinski definition) is 1. The van der Waals surface area contributed by atoms with Crippen LogP contribution < -0.4 is 10.6 Å². The third-order valence-electron chi connectivity index (χ3n) is 2.99. The lowest BCUT2D eigenvalue weighted by molar-refractivity contribution is -0.383. The van der Waals surface area contributed by atoms with Crippen LogP contribution in [0.1, 0.15) is 13.3 Å². The normalized spacial score (nSPS) is 12.2. The van der Waals surface area contributed by atoms with E-state index < -0.39 is 4.92 Å². The second-order valence-corrected chi connectivity index (χ2v) is 5.01. The first-order chi connectivity index (χ1) is 8.52. The summed E-state index contributed by atoms with van der Waals surface area (Å²) in [6, 6.07) is 5.32. The smallest absolute Gasteiger partial charge is 0.315 e. The van der Waals surface area contributed by atoms with Crippen molar-refractivity contribution in [2.45, 2.75) is 19.4 Å². The number of para-hydroxylation sites is 1. The van der Waals surface area contributed by atoms with E-state index in [2.05, 4.69) is 6.92 Å². The Bertz CT molecular complexity index is 426. The Morgan fingerprint density at radius 3 is 2.72 bits per heavy atom. The highest BCUT2D eigenvalue weighted by atomic mass is 32.2. The zero-order chi connectivity index (χ0) is 13.7. The maximum Gasteiger partial charge on any atom is 0.315 e. The third kappa shape index (κ3) is 3.07. The molecule has 0 aromatic heterocycles. The van der Waals surface area contributed by atoms with Gasteiger partial charge in [-0.3, -0.25) is 10.1 Å². The summed E-state index contributed by atoms with van der Waals surface area (Å²) in [4.78, 5) is 12.6. The van der Waals surface area contributed by atoms with E-state index in [4.69, 9.17) is 5.73 Å². The number of nitro benzene ring substituents is 1. The molecule has 6 heteroatoms. The molecule has 0 aliphatic carbocycles. The lowest BCUT2D eigenvalue weighted by atomic mass is 10.1. The van der Waals surface area contributed by atoms with Gasteiger partial charge in [0, 0.05) is 18.8 Å². The molecule has 1 aromatic rings. The van der Waals surface area contributed by atoms with Gasteiger partial charge in [-0.1, -0.05) is 13.0 Å². The van der Waals surface area contributed by atoms with Gasteiger partial charge in [-0.25, -0.2) is 0 Å². The standard InChI is InChI=1S/C12H19N3O2S/c1-4-9(8-18-3)14(2)11-7-5-6-10(13)12(11)15(16)17/h5-7,9H,4,8,13H2,1-3H3. The van der Waals surface area contributed by atoms with Crippen LogP contribution >= 0.6 is 11.8 Å². The molecule has 2 N–H and O–H groups in total. The molecule has 0 spiro atoms. The number of nitrogens with two attached hydrogens (primary N) is 1. The first kappa shape index (κ1) is 14.6. The van der Waals surface area contributed by atoms with Gasteiger partial charge in [0.25, 0.3) is 0 Å². The largest absolute Gasteiger partial charge is 0.393 e. The average molecular weight is 269 g/mol. The predicted molar refractivity (Wildman–Crippen MR) is 78.4 cm³/mol. The predicted octanol–water partition coefficient (Wildman–Crippen LogP) is 2.75. The summed E-state index contributed by atoms with van der Waals surface area (Å²) in [5, 5.41) is 11.1. The zero-order valence-electron chi connectivity index (χ0n) is 10.9. The van der Waals surface area contributed by atoms with Crippen LogP contribution in [0, 0.1) is 10.1 Å². The van der Waals surface area contributed by atoms with Gasteiger partial charge in [-0.15, -0.1) is 0 Å². The minimum Gasteiger partial charge on any atom is -0.393 e. The Morgan fingerprint density at radius 1 is 1.56 bits per heavy atom. The van der Waals surface area contributed by atoms with Crippen LogP contribution in [0.2, 0.25) is 0 Å². The molecule has 100 valence electrons. The highest BCUT2D eigenvalue weighted by Crippen LogP contribution is 2.34. The first-order valence-electron chi connectivity index (χ1n) is 5.77. The molecule has 5 nitrogen and oxygen atoms in total. The summed E-state index contributed by atoms with van der Waals surface area (Å²) < 4.78 is 0. The summed E-state index contributed by atoms with van der Waals surface area (Å²) in [7, 11) is 1.88. The van der Waals surface area contributed by atoms with Gasteiger partial charge in [-0.05, 0) is 24.8 Å². The van der Waals surface area contributed by atoms with Crippen molar-refractivity contribution in [2.24, 2.45) is 0 Å². The van der Waals surface area contributed by atoms with Crippen molar-refractivity contribution in [3.8, 4) is 0 Å². The minimum atomic E-state index is -0.410. The number of thioether (sulfide) groups is 1. The number of benzene rings is 1. The number of hydrogen-bond acceptors (Lipinski definition) is 5. The first-order valence-corrected chi connectivity index (χ1v) is 7.16. The molecule has 18 heavy (non-hydrogen) atoms. The number of anilines is 2. The summed E-state index contributed by atoms with van der Waals surface area (Å²) in [6.45, 7) is 2.08. The van der Waals surface area contributed by atoms with Crippen LogP contribution in [0.25, 0.3) is 0 Å². The molecular weight excluding hydrogens is 250 g/mol. The van der Waals surface area contributed by atoms with Gasteiger partial charge in [0.1, 0.15) is 11.4 Å². The second-order valence-electron chi connectivity index (χ2n) is 4.10. The maximum absolute atomic E-state index is 11.1. The monoisotopic (exact) mass is 269 g/mol. The fourth-order valence-electron chi connectivity index (χ4n) is 1.92. The third-order valence-corrected chi connectivity index (χ3v) is 3.70. The lowest BCUT2D eigenvalue weighted by Gasteiger charge is -2.28. The molecular formula is C12H19N3O2S. The van der Waals surface area contributed by atoms with Crippen LogP contribution in [0.4, 0.5) is 17.1 Å². The Kier molecular flexibility index (Phi) is 5.27. The quantitative estimate of drug-likeness (QED) is 0.488. The molecule has 1 unspecified atom stereocenters. The Morgan fingerprint density at radius 2 is 2.22 bits per heavy atom. The second kappa shape index (κ2) is 6.49. The fourth-order valence-corrected chi connectivity index (χ4v) is 2.77. The highest BCUT2D eigenvalue weighted by Gasteiger charge is 2.23. The molecule has 0 aliphatic heterocycles. The van der Waals surface area contributed by atoms with E-state index >= 15 is 0 Å². The molecule has 0 fully saturated rings. The van der Waals surface area contributed by atoms with Crippen molar-refractivity contribution < 1.29 is 4.92 Å². The summed E-state index contributed by atoms with van der Waals surface area (Å²) in [5.41, 5.74) is 6.50. The van der Waals surface area contributed by atoms with Crippen molar-refractivity contribution in [1.29, 1.82) is 0 Å². The van der Waals surface area contributed by atoms with Gasteiger partial charge >= 0.3 is 5.69 Å². The van der Waals surface area contributed by atoms with E-state index in [-0.39, 0.29) is 17.4 Å². The summed E-state index contributed by atoms with van der Waals surface area (Å²) in [6.07, 6.45) is 2.97. The molecule has 0 radical (unpaired) electrons. The van der Waals surface area contributed by atoms with Crippen molar-refractivity contribution in [3.05, 3.63) is 28.3 Å². The van der Waals surface area contributed by atoms with Crippen LogP contribution in [0.15, 0.2) is 18.2 Å². The van der Waals surface area contributed by atoms with Crippen molar-refractivity contribution in [3.63, 3.8) is 0 Å². The maximum atomic E-state index is 11.1. The number of nitrogens with zero attached hydrogens (tertiary/aromatic N) is 2. The minimum absolute atomic E-state index is 0.000414. The van der Waals surface area contributed by atoms with Crippen molar-refractivity contribution in [2.75, 3.05) is 29.7 Å². The molecule has 0 aliphatic rings. The topological polar surface area (TPSA) is 72.4 Å². The zero-order valence-corrected chi connectivity index (χ0v) is 11.7. The Balaban J connectivity index is 3.15. The number of nitro groups is 1. The van der Waals surface area contributed by atoms with Crippen LogP contribution in [0.3, 0.4) is 0 Å². The van der Waals surface area contributed by atoms with E-state index in [1.165, 1.54) is 0 Å². The lowest BCUT2D eigenvalue weighted by Crippen LogP contribution is -2.33. The highest BCUT2D eigenvalue weighted by molar-refractivity contribution is 7.98. The van der Waals surface area contributed by atoms with E-state index in [0.717, 1.165) is 12.2 Å². The SMILES string of the molecule is CCC(CSC)N(C)c1cccc(N)c1[N+](=O)[O-]. The number of rotatable bonds is 6. The van der Waals surface area contributed by atoms with Gasteiger partial charge in [0.15, 0.2) is 0 Å². The molecule has 0 saturated carbocycles. The van der Waals surface area contributed by atoms with Crippen LogP contribution in [-0.4, -0.2) is 30.0 Å². The molecule has 0 amide bonds. The molecule has 0 bridgehead atoms. The average Bonchev–Trinajstić information content (AvgIpc) is 2.34. The van der Waals surface area contributed by atoms with E-state index in [1.807, 2.05) is 18.2 Å². The van der Waals surface area contributed by atoms with Crippen molar-refractivity contribution in [1.82, 2.24) is 0 Å². The van der Waals surface area contributed by atoms with Gasteiger partial charge in [0.05, 0.1) is 4.92 Å². The molecule has 1 aromatic carbocycles. The molecule has 0 heterocycles. The Hall–Kier alpha value is -1.43. The number of nitrogen functional groups attached to an aromatic ring is 1. The summed E-state index contributed by atoms with van der Waals surface area (Å²) >= 11 is 1.73. The van der Waals surface area contributed by atoms with Crippen LogP contribution in [-0.2, 0) is 0 Å². The van der Waals surface area contributed by atoms with Gasteiger partial charge < -0.3 is 10.6 Å². The fraction of sp³-hybridized carbons (Fsp3) is 0.500. The van der Waals surface area contributed by atoms with Crippen LogP contribution in [0.5, 0.6) is 0 Å². The molecule has 1 atom stereocenters. The van der Waals surface area contributed by atoms with E-state index in [9.17, 15) is 10.1 Å². The summed E-state index contributed by atoms with van der Waals surface area (Å²) in [5.74, 6) is 0.930. The van der Waals surface area contributed by atoms with Crippen molar-refractivity contribution >= 4 is 28.8 Å². The Labute approximate surface area is 111 Å². The molecule has 0 saturated heterocycles. The van der Waals surface area contributed by atoms with E-state index in [0.29, 0.717) is 5.69 Å². The van der Waals surface area contributed by atoms with Gasteiger partial charge in [0.2, 0.25) is 0 Å². The van der Waals surface area contributed by atoms with E-state index in [1.54, 1.807) is 30.0 Å². The van der Waals surface area contributed by atoms with Gasteiger partial charge in [-0.2, -0.15) is 11.8 Å². The molecule has 1 rings (SSSR count).